The molecule has 0 amide bonds. The van der Waals surface area contributed by atoms with Gasteiger partial charge in [-0.05, 0) is 25.0 Å². The van der Waals surface area contributed by atoms with Crippen molar-refractivity contribution in [3.8, 4) is 5.75 Å². The van der Waals surface area contributed by atoms with Crippen LogP contribution in [0.25, 0.3) is 11.0 Å². The Hall–Kier alpha value is -1.07. The van der Waals surface area contributed by atoms with E-state index in [4.69, 9.17) is 21.3 Å². The van der Waals surface area contributed by atoms with E-state index in [0.717, 1.165) is 53.4 Å². The number of methoxy groups -OCH3 is 1. The normalized spacial score (nSPS) is 22.6. The Bertz CT molecular complexity index is 661. The fourth-order valence-electron chi connectivity index (χ4n) is 2.96. The van der Waals surface area contributed by atoms with Crippen LogP contribution >= 0.6 is 11.6 Å². The molecule has 114 valence electrons. The number of aryl methyl sites for hydroxylation is 1. The van der Waals surface area contributed by atoms with Crippen molar-refractivity contribution < 1.29 is 8.95 Å². The summed E-state index contributed by atoms with van der Waals surface area (Å²) in [6.45, 7) is 0. The Kier molecular flexibility index (Phi) is 4.50. The molecule has 0 radical (unpaired) electrons. The van der Waals surface area contributed by atoms with Gasteiger partial charge >= 0.3 is 0 Å². The maximum atomic E-state index is 11.6. The number of rotatable bonds is 4. The number of nitrogens with zero attached hydrogens (tertiary/aromatic N) is 2. The molecule has 0 atom stereocenters. The second-order valence-electron chi connectivity index (χ2n) is 5.27. The summed E-state index contributed by atoms with van der Waals surface area (Å²) in [5.41, 5.74) is 2.06. The van der Waals surface area contributed by atoms with Crippen LogP contribution in [0.15, 0.2) is 18.2 Å². The second kappa shape index (κ2) is 6.36. The topological polar surface area (TPSA) is 44.1 Å². The van der Waals surface area contributed by atoms with Crippen LogP contribution in [0.5, 0.6) is 5.75 Å². The molecule has 1 aliphatic rings. The first kappa shape index (κ1) is 14.9. The van der Waals surface area contributed by atoms with Crippen LogP contribution in [0.3, 0.4) is 0 Å². The van der Waals surface area contributed by atoms with Crippen LogP contribution in [-0.4, -0.2) is 38.3 Å². The van der Waals surface area contributed by atoms with Crippen molar-refractivity contribution in [2.75, 3.05) is 24.5 Å². The smallest absolute Gasteiger partial charge is 0.121 e. The first-order valence-electron chi connectivity index (χ1n) is 7.18. The number of halogens is 1. The second-order valence-corrected chi connectivity index (χ2v) is 7.35. The van der Waals surface area contributed by atoms with Crippen LogP contribution in [0.1, 0.15) is 24.7 Å². The maximum Gasteiger partial charge on any atom is 0.121 e. The van der Waals surface area contributed by atoms with Crippen LogP contribution < -0.4 is 4.74 Å². The molecule has 1 aromatic carbocycles. The van der Waals surface area contributed by atoms with Crippen LogP contribution in [-0.2, 0) is 17.2 Å². The van der Waals surface area contributed by atoms with Gasteiger partial charge in [-0.3, -0.25) is 4.21 Å². The Morgan fingerprint density at radius 3 is 2.86 bits per heavy atom. The highest BCUT2D eigenvalue weighted by Crippen LogP contribution is 2.31. The van der Waals surface area contributed by atoms with E-state index >= 15 is 0 Å². The molecule has 21 heavy (non-hydrogen) atoms. The van der Waals surface area contributed by atoms with Gasteiger partial charge in [0.25, 0.3) is 0 Å². The van der Waals surface area contributed by atoms with Crippen molar-refractivity contribution >= 4 is 33.4 Å². The van der Waals surface area contributed by atoms with Crippen LogP contribution in [0, 0.1) is 0 Å². The van der Waals surface area contributed by atoms with Gasteiger partial charge in [-0.25, -0.2) is 4.98 Å². The zero-order chi connectivity index (χ0) is 14.8. The summed E-state index contributed by atoms with van der Waals surface area (Å²) in [7, 11) is 1.01. The molecule has 1 fully saturated rings. The average Bonchev–Trinajstić information content (AvgIpc) is 2.85. The summed E-state index contributed by atoms with van der Waals surface area (Å²) in [4.78, 5) is 4.72. The summed E-state index contributed by atoms with van der Waals surface area (Å²) in [5, 5.41) is 0. The average molecular weight is 327 g/mol. The number of hydrogen-bond donors (Lipinski definition) is 0. The van der Waals surface area contributed by atoms with Gasteiger partial charge in [0.2, 0.25) is 0 Å². The molecule has 4 nitrogen and oxygen atoms in total. The molecule has 3 rings (SSSR count). The Morgan fingerprint density at radius 2 is 2.19 bits per heavy atom. The SMILES string of the molecule is COc1ccc2nc(CCCl)n(C3CCS(=O)CC3)c2c1. The summed E-state index contributed by atoms with van der Waals surface area (Å²) < 4.78 is 19.2. The molecule has 2 aromatic rings. The van der Waals surface area contributed by atoms with Crippen molar-refractivity contribution in [1.82, 2.24) is 9.55 Å². The maximum absolute atomic E-state index is 11.6. The van der Waals surface area contributed by atoms with Crippen LogP contribution in [0.2, 0.25) is 0 Å². The quantitative estimate of drug-likeness (QED) is 0.811. The largest absolute Gasteiger partial charge is 0.497 e. The minimum atomic E-state index is -0.657. The minimum Gasteiger partial charge on any atom is -0.497 e. The number of imidazole rings is 1. The molecule has 1 aliphatic heterocycles. The standard InChI is InChI=1S/C15H19ClN2O2S/c1-20-12-2-3-13-14(10-12)18(15(17-13)4-7-16)11-5-8-21(19)9-6-11/h2-3,10-11H,4-9H2,1H3. The lowest BCUT2D eigenvalue weighted by Gasteiger charge is -2.25. The number of ether oxygens (including phenoxy) is 1. The highest BCUT2D eigenvalue weighted by atomic mass is 35.5. The first-order valence-corrected chi connectivity index (χ1v) is 9.21. The molecule has 6 heteroatoms. The predicted molar refractivity (Wildman–Crippen MR) is 86.9 cm³/mol. The lowest BCUT2D eigenvalue weighted by Crippen LogP contribution is -2.23. The first-order chi connectivity index (χ1) is 10.2. The van der Waals surface area contributed by atoms with Gasteiger partial charge in [-0.1, -0.05) is 0 Å². The molecule has 1 aromatic heterocycles. The Labute approximate surface area is 131 Å². The third-order valence-electron chi connectivity index (χ3n) is 4.01. The van der Waals surface area contributed by atoms with Gasteiger partial charge in [0, 0.05) is 46.7 Å². The van der Waals surface area contributed by atoms with Crippen molar-refractivity contribution in [3.63, 3.8) is 0 Å². The Balaban J connectivity index is 2.07. The fourth-order valence-corrected chi connectivity index (χ4v) is 4.40. The van der Waals surface area contributed by atoms with E-state index in [1.165, 1.54) is 0 Å². The van der Waals surface area contributed by atoms with E-state index < -0.39 is 10.8 Å². The van der Waals surface area contributed by atoms with E-state index in [-0.39, 0.29) is 0 Å². The molecule has 2 heterocycles. The number of fused-ring (bicyclic) bond motifs is 1. The molecular weight excluding hydrogens is 308 g/mol. The molecule has 0 unspecified atom stereocenters. The zero-order valence-electron chi connectivity index (χ0n) is 12.0. The van der Waals surface area contributed by atoms with Crippen molar-refractivity contribution in [1.29, 1.82) is 0 Å². The zero-order valence-corrected chi connectivity index (χ0v) is 13.6. The van der Waals surface area contributed by atoms with Crippen molar-refractivity contribution in [3.05, 3.63) is 24.0 Å². The summed E-state index contributed by atoms with van der Waals surface area (Å²) in [6.07, 6.45) is 2.62. The fraction of sp³-hybridized carbons (Fsp3) is 0.533. The molecule has 0 N–H and O–H groups in total. The lowest BCUT2D eigenvalue weighted by molar-refractivity contribution is 0.414. The number of hydrogen-bond acceptors (Lipinski definition) is 3. The molecular formula is C15H19ClN2O2S. The number of aromatic nitrogens is 2. The van der Waals surface area contributed by atoms with Gasteiger partial charge in [0.15, 0.2) is 0 Å². The molecule has 0 spiro atoms. The van der Waals surface area contributed by atoms with E-state index in [2.05, 4.69) is 4.57 Å². The monoisotopic (exact) mass is 326 g/mol. The van der Waals surface area contributed by atoms with Gasteiger partial charge in [0.05, 0.1) is 18.1 Å². The van der Waals surface area contributed by atoms with Gasteiger partial charge in [-0.15, -0.1) is 11.6 Å². The van der Waals surface area contributed by atoms with E-state index in [1.54, 1.807) is 7.11 Å². The summed E-state index contributed by atoms with van der Waals surface area (Å²) >= 11 is 5.93. The van der Waals surface area contributed by atoms with E-state index in [9.17, 15) is 4.21 Å². The summed E-state index contributed by atoms with van der Waals surface area (Å²) in [5.74, 6) is 3.95. The highest BCUT2D eigenvalue weighted by Gasteiger charge is 2.23. The van der Waals surface area contributed by atoms with Gasteiger partial charge < -0.3 is 9.30 Å². The van der Waals surface area contributed by atoms with Crippen molar-refractivity contribution in [2.45, 2.75) is 25.3 Å². The number of benzene rings is 1. The van der Waals surface area contributed by atoms with E-state index in [1.807, 2.05) is 18.2 Å². The van der Waals surface area contributed by atoms with Crippen LogP contribution in [0.4, 0.5) is 0 Å². The molecule has 0 bridgehead atoms. The lowest BCUT2D eigenvalue weighted by atomic mass is 10.1. The molecule has 1 saturated heterocycles. The molecule has 0 saturated carbocycles. The van der Waals surface area contributed by atoms with Gasteiger partial charge in [-0.2, -0.15) is 0 Å². The number of alkyl halides is 1. The Morgan fingerprint density at radius 1 is 1.43 bits per heavy atom. The van der Waals surface area contributed by atoms with Gasteiger partial charge in [0.1, 0.15) is 11.6 Å². The van der Waals surface area contributed by atoms with E-state index in [0.29, 0.717) is 11.9 Å². The third kappa shape index (κ3) is 2.94. The highest BCUT2D eigenvalue weighted by molar-refractivity contribution is 7.85. The molecule has 0 aliphatic carbocycles. The minimum absolute atomic E-state index is 0.359. The third-order valence-corrected chi connectivity index (χ3v) is 5.58. The predicted octanol–water partition coefficient (Wildman–Crippen LogP) is 2.91. The van der Waals surface area contributed by atoms with Crippen molar-refractivity contribution in [2.24, 2.45) is 0 Å². The summed E-state index contributed by atoms with van der Waals surface area (Å²) in [6, 6.07) is 6.31.